The van der Waals surface area contributed by atoms with Crippen molar-refractivity contribution in [2.45, 2.75) is 31.6 Å². The smallest absolute Gasteiger partial charge is 0.130 e. The number of halogens is 3. The number of hydrogen-bond donors (Lipinski definition) is 0. The van der Waals surface area contributed by atoms with Gasteiger partial charge in [-0.1, -0.05) is 0 Å². The number of fused-ring (bicyclic) bond motifs is 1. The molecule has 3 rings (SSSR count). The van der Waals surface area contributed by atoms with Crippen LogP contribution in [0.4, 0.5) is 8.78 Å². The summed E-state index contributed by atoms with van der Waals surface area (Å²) >= 11 is 6.37. The lowest BCUT2D eigenvalue weighted by atomic mass is 9.93. The molecular weight excluding hydrogens is 242 g/mol. The van der Waals surface area contributed by atoms with Gasteiger partial charge in [0.25, 0.3) is 0 Å². The first kappa shape index (κ1) is 11.5. The van der Waals surface area contributed by atoms with E-state index in [9.17, 15) is 8.78 Å². The summed E-state index contributed by atoms with van der Waals surface area (Å²) in [6.07, 6.45) is 3.54. The summed E-state index contributed by atoms with van der Waals surface area (Å²) in [7, 11) is 0. The molecule has 0 saturated heterocycles. The molecule has 0 amide bonds. The minimum atomic E-state index is -0.506. The summed E-state index contributed by atoms with van der Waals surface area (Å²) in [6, 6.07) is 2.52. The minimum Gasteiger partial charge on any atom is -0.207 e. The van der Waals surface area contributed by atoms with E-state index in [0.29, 0.717) is 17.0 Å². The lowest BCUT2D eigenvalue weighted by Gasteiger charge is -2.20. The summed E-state index contributed by atoms with van der Waals surface area (Å²) < 4.78 is 26.9. The maximum Gasteiger partial charge on any atom is 0.130 e. The molecule has 0 aliphatic heterocycles. The lowest BCUT2D eigenvalue weighted by Crippen LogP contribution is -2.08. The number of alkyl halides is 1. The second-order valence-corrected chi connectivity index (χ2v) is 5.98. The molecule has 2 saturated carbocycles. The third kappa shape index (κ3) is 1.97. The Balaban J connectivity index is 1.85. The van der Waals surface area contributed by atoms with Gasteiger partial charge in [-0.2, -0.15) is 0 Å². The quantitative estimate of drug-likeness (QED) is 0.679. The van der Waals surface area contributed by atoms with Crippen LogP contribution in [0.25, 0.3) is 0 Å². The van der Waals surface area contributed by atoms with Crippen LogP contribution in [0.15, 0.2) is 12.1 Å². The molecule has 0 spiro atoms. The van der Waals surface area contributed by atoms with Gasteiger partial charge in [-0.15, -0.1) is 11.6 Å². The van der Waals surface area contributed by atoms with Gasteiger partial charge < -0.3 is 0 Å². The third-order valence-corrected chi connectivity index (χ3v) is 4.86. The highest BCUT2D eigenvalue weighted by Gasteiger charge is 2.48. The highest BCUT2D eigenvalue weighted by atomic mass is 35.5. The molecule has 2 aliphatic rings. The van der Waals surface area contributed by atoms with Gasteiger partial charge >= 0.3 is 0 Å². The average molecular weight is 257 g/mol. The van der Waals surface area contributed by atoms with Crippen molar-refractivity contribution in [3.63, 3.8) is 0 Å². The Kier molecular flexibility index (Phi) is 2.66. The standard InChI is InChI=1S/C14H15ClF2/c1-7-2-11(13(17)6-12(7)16)14(15)10-4-8-3-9(8)5-10/h2,6,8-10,14H,3-5H2,1H3. The molecule has 0 aromatic heterocycles. The highest BCUT2D eigenvalue weighted by molar-refractivity contribution is 6.21. The molecule has 0 radical (unpaired) electrons. The fraction of sp³-hybridized carbons (Fsp3) is 0.571. The van der Waals surface area contributed by atoms with E-state index >= 15 is 0 Å². The topological polar surface area (TPSA) is 0 Å². The van der Waals surface area contributed by atoms with Crippen molar-refractivity contribution in [3.05, 3.63) is 34.9 Å². The second-order valence-electron chi connectivity index (χ2n) is 5.51. The lowest BCUT2D eigenvalue weighted by molar-refractivity contribution is 0.456. The van der Waals surface area contributed by atoms with Gasteiger partial charge in [-0.3, -0.25) is 0 Å². The van der Waals surface area contributed by atoms with Gasteiger partial charge in [-0.05, 0) is 55.6 Å². The molecule has 2 fully saturated rings. The molecule has 92 valence electrons. The van der Waals surface area contributed by atoms with Crippen LogP contribution in [-0.2, 0) is 0 Å². The Morgan fingerprint density at radius 3 is 2.41 bits per heavy atom. The van der Waals surface area contributed by atoms with Crippen molar-refractivity contribution in [2.24, 2.45) is 17.8 Å². The fourth-order valence-electron chi connectivity index (χ4n) is 3.15. The van der Waals surface area contributed by atoms with Crippen molar-refractivity contribution < 1.29 is 8.78 Å². The summed E-state index contributed by atoms with van der Waals surface area (Å²) in [5.74, 6) is 1.01. The van der Waals surface area contributed by atoms with Crippen LogP contribution in [0.5, 0.6) is 0 Å². The van der Waals surface area contributed by atoms with Crippen LogP contribution in [0.1, 0.15) is 35.8 Å². The third-order valence-electron chi connectivity index (χ3n) is 4.27. The average Bonchev–Trinajstić information content (AvgIpc) is 2.90. The zero-order chi connectivity index (χ0) is 12.2. The van der Waals surface area contributed by atoms with Gasteiger partial charge in [0.15, 0.2) is 0 Å². The van der Waals surface area contributed by atoms with Gasteiger partial charge in [0.2, 0.25) is 0 Å². The molecule has 1 aromatic carbocycles. The van der Waals surface area contributed by atoms with Crippen molar-refractivity contribution in [2.75, 3.05) is 0 Å². The predicted molar refractivity (Wildman–Crippen MR) is 64.0 cm³/mol. The van der Waals surface area contributed by atoms with Crippen molar-refractivity contribution >= 4 is 11.6 Å². The van der Waals surface area contributed by atoms with Crippen molar-refractivity contribution in [1.29, 1.82) is 0 Å². The number of rotatable bonds is 2. The van der Waals surface area contributed by atoms with E-state index in [1.807, 2.05) is 0 Å². The summed E-state index contributed by atoms with van der Waals surface area (Å²) in [6.45, 7) is 1.65. The number of hydrogen-bond acceptors (Lipinski definition) is 0. The summed E-state index contributed by atoms with van der Waals surface area (Å²) in [5.41, 5.74) is 0.937. The maximum atomic E-state index is 13.7. The molecular formula is C14H15ClF2. The molecule has 3 atom stereocenters. The molecule has 3 unspecified atom stereocenters. The van der Waals surface area contributed by atoms with E-state index in [1.54, 1.807) is 13.0 Å². The zero-order valence-corrected chi connectivity index (χ0v) is 10.5. The molecule has 1 aromatic rings. The molecule has 0 nitrogen and oxygen atoms in total. The Morgan fingerprint density at radius 1 is 1.12 bits per heavy atom. The normalized spacial score (nSPS) is 32.4. The van der Waals surface area contributed by atoms with E-state index in [0.717, 1.165) is 30.7 Å². The van der Waals surface area contributed by atoms with Gasteiger partial charge in [0.05, 0.1) is 5.38 Å². The fourth-order valence-corrected chi connectivity index (χ4v) is 3.52. The minimum absolute atomic E-state index is 0.304. The number of benzene rings is 1. The van der Waals surface area contributed by atoms with Crippen LogP contribution in [-0.4, -0.2) is 0 Å². The molecule has 17 heavy (non-hydrogen) atoms. The number of aryl methyl sites for hydroxylation is 1. The highest BCUT2D eigenvalue weighted by Crippen LogP contribution is 2.58. The predicted octanol–water partition coefficient (Wildman–Crippen LogP) is 4.60. The molecule has 2 aliphatic carbocycles. The molecule has 0 bridgehead atoms. The Hall–Kier alpha value is -0.630. The van der Waals surface area contributed by atoms with Crippen LogP contribution >= 0.6 is 11.6 Å². The van der Waals surface area contributed by atoms with E-state index in [1.165, 1.54) is 6.42 Å². The summed E-state index contributed by atoms with van der Waals surface area (Å²) in [5, 5.41) is -0.304. The van der Waals surface area contributed by atoms with Crippen LogP contribution in [0.2, 0.25) is 0 Å². The zero-order valence-electron chi connectivity index (χ0n) is 9.72. The first-order valence-electron chi connectivity index (χ1n) is 6.16. The SMILES string of the molecule is Cc1cc(C(Cl)C2CC3CC3C2)c(F)cc1F. The molecule has 3 heteroatoms. The largest absolute Gasteiger partial charge is 0.207 e. The Labute approximate surface area is 105 Å². The van der Waals surface area contributed by atoms with Gasteiger partial charge in [-0.25, -0.2) is 8.78 Å². The van der Waals surface area contributed by atoms with Gasteiger partial charge in [0.1, 0.15) is 11.6 Å². The second kappa shape index (κ2) is 3.94. The van der Waals surface area contributed by atoms with Gasteiger partial charge in [0, 0.05) is 11.6 Å². The van der Waals surface area contributed by atoms with Crippen LogP contribution in [0, 0.1) is 36.3 Å². The Bertz CT molecular complexity index is 448. The van der Waals surface area contributed by atoms with Crippen molar-refractivity contribution in [1.82, 2.24) is 0 Å². The van der Waals surface area contributed by atoms with E-state index in [4.69, 9.17) is 11.6 Å². The molecule has 0 heterocycles. The van der Waals surface area contributed by atoms with E-state index < -0.39 is 11.6 Å². The maximum absolute atomic E-state index is 13.7. The van der Waals surface area contributed by atoms with E-state index in [-0.39, 0.29) is 5.38 Å². The first-order valence-corrected chi connectivity index (χ1v) is 6.59. The first-order chi connectivity index (χ1) is 8.06. The van der Waals surface area contributed by atoms with Crippen LogP contribution in [0.3, 0.4) is 0 Å². The van der Waals surface area contributed by atoms with Crippen LogP contribution < -0.4 is 0 Å². The summed E-state index contributed by atoms with van der Waals surface area (Å²) in [4.78, 5) is 0. The Morgan fingerprint density at radius 2 is 1.76 bits per heavy atom. The van der Waals surface area contributed by atoms with Crippen molar-refractivity contribution in [3.8, 4) is 0 Å². The molecule has 0 N–H and O–H groups in total. The van der Waals surface area contributed by atoms with E-state index in [2.05, 4.69) is 0 Å². The monoisotopic (exact) mass is 256 g/mol.